The summed E-state index contributed by atoms with van der Waals surface area (Å²) in [5.74, 6) is 0.197. The maximum absolute atomic E-state index is 11.4. The number of pyridine rings is 1. The Morgan fingerprint density at radius 3 is 2.76 bits per heavy atom. The lowest BCUT2D eigenvalue weighted by atomic mass is 10.0. The van der Waals surface area contributed by atoms with Crippen LogP contribution in [0.25, 0.3) is 10.9 Å². The number of H-pyrrole nitrogens is 1. The molecular formula is C14H15NO2. The molecule has 0 radical (unpaired) electrons. The van der Waals surface area contributed by atoms with Crippen molar-refractivity contribution in [2.75, 3.05) is 0 Å². The third-order valence-electron chi connectivity index (χ3n) is 2.86. The SMILES string of the molecule is CC(=O)CCc1ccc2[nH]c(=O)c(C)cc2c1. The number of carbonyl (C=O) groups excluding carboxylic acids is 1. The molecule has 3 heteroatoms. The molecular weight excluding hydrogens is 214 g/mol. The maximum atomic E-state index is 11.4. The van der Waals surface area contributed by atoms with E-state index in [0.717, 1.165) is 22.9 Å². The average Bonchev–Trinajstić information content (AvgIpc) is 2.28. The van der Waals surface area contributed by atoms with Gasteiger partial charge in [-0.1, -0.05) is 6.07 Å². The summed E-state index contributed by atoms with van der Waals surface area (Å²) in [5.41, 5.74) is 2.63. The molecule has 1 aromatic carbocycles. The number of fused-ring (bicyclic) bond motifs is 1. The average molecular weight is 229 g/mol. The van der Waals surface area contributed by atoms with Gasteiger partial charge in [-0.05, 0) is 49.4 Å². The number of aryl methyl sites for hydroxylation is 2. The predicted octanol–water partition coefficient (Wildman–Crippen LogP) is 2.36. The van der Waals surface area contributed by atoms with Gasteiger partial charge < -0.3 is 9.78 Å². The Hall–Kier alpha value is -1.90. The molecule has 2 aromatic rings. The van der Waals surface area contributed by atoms with Crippen molar-refractivity contribution in [2.45, 2.75) is 26.7 Å². The van der Waals surface area contributed by atoms with Crippen LogP contribution in [-0.4, -0.2) is 10.8 Å². The predicted molar refractivity (Wildman–Crippen MR) is 68.3 cm³/mol. The van der Waals surface area contributed by atoms with Crippen LogP contribution in [0.5, 0.6) is 0 Å². The van der Waals surface area contributed by atoms with Crippen molar-refractivity contribution in [3.05, 3.63) is 45.7 Å². The lowest BCUT2D eigenvalue weighted by Gasteiger charge is -2.03. The van der Waals surface area contributed by atoms with E-state index in [0.29, 0.717) is 12.0 Å². The monoisotopic (exact) mass is 229 g/mol. The topological polar surface area (TPSA) is 49.9 Å². The molecule has 0 fully saturated rings. The lowest BCUT2D eigenvalue weighted by molar-refractivity contribution is -0.116. The van der Waals surface area contributed by atoms with Gasteiger partial charge in [-0.3, -0.25) is 4.79 Å². The minimum Gasteiger partial charge on any atom is -0.322 e. The molecule has 1 heterocycles. The molecule has 1 aromatic heterocycles. The highest BCUT2D eigenvalue weighted by Crippen LogP contribution is 2.14. The second-order valence-corrected chi connectivity index (χ2v) is 4.41. The molecule has 0 aliphatic carbocycles. The zero-order valence-electron chi connectivity index (χ0n) is 10.0. The smallest absolute Gasteiger partial charge is 0.251 e. The second kappa shape index (κ2) is 4.53. The Kier molecular flexibility index (Phi) is 3.09. The summed E-state index contributed by atoms with van der Waals surface area (Å²) >= 11 is 0. The first-order valence-corrected chi connectivity index (χ1v) is 5.68. The molecule has 0 aliphatic heterocycles. The number of Topliss-reactive ketones (excluding diaryl/α,β-unsaturated/α-hetero) is 1. The molecule has 17 heavy (non-hydrogen) atoms. The van der Waals surface area contributed by atoms with E-state index < -0.39 is 0 Å². The third-order valence-corrected chi connectivity index (χ3v) is 2.86. The molecule has 2 rings (SSSR count). The van der Waals surface area contributed by atoms with Crippen LogP contribution in [0.15, 0.2) is 29.1 Å². The highest BCUT2D eigenvalue weighted by Gasteiger charge is 2.01. The van der Waals surface area contributed by atoms with Crippen LogP contribution in [-0.2, 0) is 11.2 Å². The van der Waals surface area contributed by atoms with E-state index in [1.807, 2.05) is 24.3 Å². The van der Waals surface area contributed by atoms with Gasteiger partial charge in [0, 0.05) is 17.5 Å². The van der Waals surface area contributed by atoms with Gasteiger partial charge in [0.25, 0.3) is 5.56 Å². The molecule has 0 spiro atoms. The summed E-state index contributed by atoms with van der Waals surface area (Å²) in [7, 11) is 0. The van der Waals surface area contributed by atoms with E-state index in [4.69, 9.17) is 0 Å². The Labute approximate surface area is 99.5 Å². The molecule has 0 atom stereocenters. The van der Waals surface area contributed by atoms with Gasteiger partial charge in [-0.15, -0.1) is 0 Å². The van der Waals surface area contributed by atoms with Gasteiger partial charge in [0.15, 0.2) is 0 Å². The van der Waals surface area contributed by atoms with Gasteiger partial charge in [-0.25, -0.2) is 0 Å². The first-order valence-electron chi connectivity index (χ1n) is 5.68. The summed E-state index contributed by atoms with van der Waals surface area (Å²) in [6.45, 7) is 3.39. The van der Waals surface area contributed by atoms with E-state index >= 15 is 0 Å². The van der Waals surface area contributed by atoms with Crippen molar-refractivity contribution in [3.63, 3.8) is 0 Å². The van der Waals surface area contributed by atoms with Crippen molar-refractivity contribution in [1.82, 2.24) is 4.98 Å². The highest BCUT2D eigenvalue weighted by atomic mass is 16.1. The van der Waals surface area contributed by atoms with E-state index in [1.165, 1.54) is 0 Å². The summed E-state index contributed by atoms with van der Waals surface area (Å²) in [6, 6.07) is 7.76. The molecule has 3 nitrogen and oxygen atoms in total. The second-order valence-electron chi connectivity index (χ2n) is 4.41. The summed E-state index contributed by atoms with van der Waals surface area (Å²) in [4.78, 5) is 25.2. The van der Waals surface area contributed by atoms with Crippen LogP contribution in [0.2, 0.25) is 0 Å². The van der Waals surface area contributed by atoms with E-state index in [-0.39, 0.29) is 11.3 Å². The van der Waals surface area contributed by atoms with Crippen LogP contribution in [0.4, 0.5) is 0 Å². The third kappa shape index (κ3) is 2.61. The van der Waals surface area contributed by atoms with E-state index in [9.17, 15) is 9.59 Å². The number of benzene rings is 1. The zero-order valence-corrected chi connectivity index (χ0v) is 10.0. The van der Waals surface area contributed by atoms with Crippen molar-refractivity contribution >= 4 is 16.7 Å². The number of aromatic amines is 1. The minimum atomic E-state index is -0.0472. The lowest BCUT2D eigenvalue weighted by Crippen LogP contribution is -2.08. The van der Waals surface area contributed by atoms with E-state index in [2.05, 4.69) is 4.98 Å². The maximum Gasteiger partial charge on any atom is 0.251 e. The van der Waals surface area contributed by atoms with Crippen molar-refractivity contribution in [1.29, 1.82) is 0 Å². The summed E-state index contributed by atoms with van der Waals surface area (Å²) in [6.07, 6.45) is 1.32. The number of hydrogen-bond acceptors (Lipinski definition) is 2. The first-order chi connectivity index (χ1) is 8.06. The van der Waals surface area contributed by atoms with Crippen molar-refractivity contribution in [2.24, 2.45) is 0 Å². The zero-order chi connectivity index (χ0) is 12.4. The number of nitrogens with one attached hydrogen (secondary N) is 1. The Bertz CT molecular complexity index is 626. The molecule has 0 aliphatic rings. The van der Waals surface area contributed by atoms with Crippen LogP contribution in [0.3, 0.4) is 0 Å². The van der Waals surface area contributed by atoms with Gasteiger partial charge >= 0.3 is 0 Å². The fourth-order valence-corrected chi connectivity index (χ4v) is 1.84. The number of ketones is 1. The van der Waals surface area contributed by atoms with Gasteiger partial charge in [0.2, 0.25) is 0 Å². The molecule has 0 saturated heterocycles. The summed E-state index contributed by atoms with van der Waals surface area (Å²) in [5, 5.41) is 1.02. The van der Waals surface area contributed by atoms with Crippen LogP contribution in [0, 0.1) is 6.92 Å². The fraction of sp³-hybridized carbons (Fsp3) is 0.286. The summed E-state index contributed by atoms with van der Waals surface area (Å²) < 4.78 is 0. The Morgan fingerprint density at radius 1 is 1.29 bits per heavy atom. The molecule has 0 bridgehead atoms. The Balaban J connectivity index is 2.40. The van der Waals surface area contributed by atoms with Crippen LogP contribution in [0.1, 0.15) is 24.5 Å². The standard InChI is InChI=1S/C14H15NO2/c1-9-7-12-8-11(4-3-10(2)16)5-6-13(12)15-14(9)17/h5-8H,3-4H2,1-2H3,(H,15,17). The van der Waals surface area contributed by atoms with Gasteiger partial charge in [-0.2, -0.15) is 0 Å². The number of hydrogen-bond donors (Lipinski definition) is 1. The molecule has 1 N–H and O–H groups in total. The van der Waals surface area contributed by atoms with Crippen molar-refractivity contribution in [3.8, 4) is 0 Å². The molecule has 0 saturated carbocycles. The largest absolute Gasteiger partial charge is 0.322 e. The number of rotatable bonds is 3. The van der Waals surface area contributed by atoms with Crippen molar-refractivity contribution < 1.29 is 4.79 Å². The van der Waals surface area contributed by atoms with E-state index in [1.54, 1.807) is 13.8 Å². The normalized spacial score (nSPS) is 10.7. The molecule has 0 amide bonds. The van der Waals surface area contributed by atoms with Crippen LogP contribution < -0.4 is 5.56 Å². The molecule has 88 valence electrons. The van der Waals surface area contributed by atoms with Gasteiger partial charge in [0.1, 0.15) is 5.78 Å². The highest BCUT2D eigenvalue weighted by molar-refractivity contribution is 5.80. The van der Waals surface area contributed by atoms with Crippen LogP contribution >= 0.6 is 0 Å². The Morgan fingerprint density at radius 2 is 2.06 bits per heavy atom. The quantitative estimate of drug-likeness (QED) is 0.878. The number of carbonyl (C=O) groups is 1. The minimum absolute atomic E-state index is 0.0472. The fourth-order valence-electron chi connectivity index (χ4n) is 1.84. The first kappa shape index (κ1) is 11.6. The molecule has 0 unspecified atom stereocenters. The number of aromatic nitrogens is 1. The van der Waals surface area contributed by atoms with Gasteiger partial charge in [0.05, 0.1) is 0 Å².